The summed E-state index contributed by atoms with van der Waals surface area (Å²) in [5, 5.41) is 2.98. The third-order valence-electron chi connectivity index (χ3n) is 4.81. The second-order valence-corrected chi connectivity index (χ2v) is 7.46. The molecule has 0 bridgehead atoms. The van der Waals surface area contributed by atoms with Crippen LogP contribution in [0.1, 0.15) is 31.5 Å². The molecule has 2 atom stereocenters. The number of hydrogen-bond donors (Lipinski definition) is 1. The second-order valence-electron chi connectivity index (χ2n) is 6.60. The van der Waals surface area contributed by atoms with Gasteiger partial charge in [-0.3, -0.25) is 4.79 Å². The number of aromatic nitrogens is 1. The molecule has 2 aromatic rings. The number of aryl methyl sites for hydroxylation is 1. The van der Waals surface area contributed by atoms with E-state index in [1.807, 2.05) is 10.3 Å². The number of amides is 1. The molecule has 1 aromatic heterocycles. The zero-order valence-electron chi connectivity index (χ0n) is 14.8. The van der Waals surface area contributed by atoms with Crippen LogP contribution in [0.2, 0.25) is 0 Å². The maximum Gasteiger partial charge on any atom is 0.228 e. The number of carbonyl (C=O) groups excluding carboxylic acids is 1. The number of rotatable bonds is 5. The van der Waals surface area contributed by atoms with E-state index in [9.17, 15) is 4.79 Å². The SMILES string of the molecule is CCc1ccc(-c2nc(CC(=O)N3CC(CN)CC3C)cs2)cc1.Cl. The summed E-state index contributed by atoms with van der Waals surface area (Å²) in [6, 6.07) is 8.78. The highest BCUT2D eigenvalue weighted by Crippen LogP contribution is 2.26. The zero-order chi connectivity index (χ0) is 17.1. The summed E-state index contributed by atoms with van der Waals surface area (Å²) in [5.74, 6) is 0.601. The highest BCUT2D eigenvalue weighted by molar-refractivity contribution is 7.13. The molecule has 2 heterocycles. The van der Waals surface area contributed by atoms with Crippen molar-refractivity contribution in [3.63, 3.8) is 0 Å². The van der Waals surface area contributed by atoms with Gasteiger partial charge in [-0.05, 0) is 37.8 Å². The molecule has 1 aliphatic heterocycles. The van der Waals surface area contributed by atoms with Crippen LogP contribution in [0.5, 0.6) is 0 Å². The van der Waals surface area contributed by atoms with Crippen LogP contribution in [-0.2, 0) is 17.6 Å². The van der Waals surface area contributed by atoms with Gasteiger partial charge in [0.2, 0.25) is 5.91 Å². The largest absolute Gasteiger partial charge is 0.339 e. The summed E-state index contributed by atoms with van der Waals surface area (Å²) >= 11 is 1.60. The lowest BCUT2D eigenvalue weighted by molar-refractivity contribution is -0.131. The Bertz CT molecular complexity index is 701. The Morgan fingerprint density at radius 2 is 2.08 bits per heavy atom. The number of benzene rings is 1. The van der Waals surface area contributed by atoms with Crippen LogP contribution in [0.4, 0.5) is 0 Å². The summed E-state index contributed by atoms with van der Waals surface area (Å²) in [4.78, 5) is 19.2. The molecule has 1 fully saturated rings. The highest BCUT2D eigenvalue weighted by Gasteiger charge is 2.31. The van der Waals surface area contributed by atoms with Crippen LogP contribution >= 0.6 is 23.7 Å². The summed E-state index contributed by atoms with van der Waals surface area (Å²) in [6.45, 7) is 5.70. The first-order valence-corrected chi connectivity index (χ1v) is 9.52. The van der Waals surface area contributed by atoms with Crippen molar-refractivity contribution in [3.05, 3.63) is 40.9 Å². The molecule has 1 aliphatic rings. The molecule has 2 N–H and O–H groups in total. The molecule has 6 heteroatoms. The van der Waals surface area contributed by atoms with Gasteiger partial charge >= 0.3 is 0 Å². The molecule has 25 heavy (non-hydrogen) atoms. The molecule has 0 spiro atoms. The molecule has 0 saturated carbocycles. The molecule has 4 nitrogen and oxygen atoms in total. The number of likely N-dealkylation sites (tertiary alicyclic amines) is 1. The fraction of sp³-hybridized carbons (Fsp3) is 0.474. The van der Waals surface area contributed by atoms with Crippen molar-refractivity contribution in [3.8, 4) is 10.6 Å². The molecule has 1 aromatic carbocycles. The first-order chi connectivity index (χ1) is 11.6. The predicted octanol–water partition coefficient (Wildman–Crippen LogP) is 3.53. The number of carbonyl (C=O) groups is 1. The molecule has 1 saturated heterocycles. The van der Waals surface area contributed by atoms with Crippen LogP contribution in [0, 0.1) is 5.92 Å². The van der Waals surface area contributed by atoms with Crippen molar-refractivity contribution in [2.75, 3.05) is 13.1 Å². The maximum absolute atomic E-state index is 12.6. The topological polar surface area (TPSA) is 59.2 Å². The Labute approximate surface area is 159 Å². The average Bonchev–Trinajstić information content (AvgIpc) is 3.21. The fourth-order valence-electron chi connectivity index (χ4n) is 3.32. The smallest absolute Gasteiger partial charge is 0.228 e. The number of nitrogens with two attached hydrogens (primary N) is 1. The Morgan fingerprint density at radius 1 is 1.36 bits per heavy atom. The van der Waals surface area contributed by atoms with Crippen LogP contribution in [0.3, 0.4) is 0 Å². The second kappa shape index (κ2) is 8.79. The number of hydrogen-bond acceptors (Lipinski definition) is 4. The van der Waals surface area contributed by atoms with Crippen LogP contribution in [0.15, 0.2) is 29.6 Å². The Morgan fingerprint density at radius 3 is 2.68 bits per heavy atom. The van der Waals surface area contributed by atoms with Gasteiger partial charge in [0.05, 0.1) is 12.1 Å². The molecule has 0 radical (unpaired) electrons. The molecular weight excluding hydrogens is 354 g/mol. The minimum Gasteiger partial charge on any atom is -0.339 e. The van der Waals surface area contributed by atoms with Gasteiger partial charge in [-0.25, -0.2) is 4.98 Å². The summed E-state index contributed by atoms with van der Waals surface area (Å²) in [7, 11) is 0. The van der Waals surface area contributed by atoms with Crippen LogP contribution in [0.25, 0.3) is 10.6 Å². The summed E-state index contributed by atoms with van der Waals surface area (Å²) < 4.78 is 0. The van der Waals surface area contributed by atoms with Gasteiger partial charge in [0, 0.05) is 23.5 Å². The number of thiazole rings is 1. The number of halogens is 1. The fourth-order valence-corrected chi connectivity index (χ4v) is 4.15. The van der Waals surface area contributed by atoms with E-state index in [0.29, 0.717) is 18.9 Å². The average molecular weight is 380 g/mol. The zero-order valence-corrected chi connectivity index (χ0v) is 16.4. The van der Waals surface area contributed by atoms with Gasteiger partial charge in [0.15, 0.2) is 0 Å². The van der Waals surface area contributed by atoms with E-state index in [4.69, 9.17) is 5.73 Å². The van der Waals surface area contributed by atoms with Crippen LogP contribution < -0.4 is 5.73 Å². The Kier molecular flexibility index (Phi) is 6.99. The normalized spacial score (nSPS) is 19.7. The molecule has 2 unspecified atom stereocenters. The number of nitrogens with zero attached hydrogens (tertiary/aromatic N) is 2. The van der Waals surface area contributed by atoms with Crippen molar-refractivity contribution in [1.29, 1.82) is 0 Å². The molecule has 136 valence electrons. The summed E-state index contributed by atoms with van der Waals surface area (Å²) in [5.41, 5.74) is 9.06. The summed E-state index contributed by atoms with van der Waals surface area (Å²) in [6.07, 6.45) is 2.43. The standard InChI is InChI=1S/C19H25N3OS.ClH/c1-3-14-4-6-16(7-5-14)19-21-17(12-24-19)9-18(23)22-11-15(10-20)8-13(22)2;/h4-7,12-13,15H,3,8-11,20H2,1-2H3;1H. The van der Waals surface area contributed by atoms with Crippen molar-refractivity contribution < 1.29 is 4.79 Å². The third kappa shape index (κ3) is 4.60. The van der Waals surface area contributed by atoms with E-state index in [1.54, 1.807) is 11.3 Å². The van der Waals surface area contributed by atoms with Gasteiger partial charge in [0.1, 0.15) is 5.01 Å². The third-order valence-corrected chi connectivity index (χ3v) is 5.75. The van der Waals surface area contributed by atoms with Gasteiger partial charge in [0.25, 0.3) is 0 Å². The monoisotopic (exact) mass is 379 g/mol. The predicted molar refractivity (Wildman–Crippen MR) is 106 cm³/mol. The molecular formula is C19H26ClN3OS. The van der Waals surface area contributed by atoms with E-state index in [1.165, 1.54) is 5.56 Å². The van der Waals surface area contributed by atoms with E-state index < -0.39 is 0 Å². The lowest BCUT2D eigenvalue weighted by Gasteiger charge is -2.21. The van der Waals surface area contributed by atoms with Crippen molar-refractivity contribution in [2.24, 2.45) is 11.7 Å². The van der Waals surface area contributed by atoms with E-state index >= 15 is 0 Å². The van der Waals surface area contributed by atoms with Gasteiger partial charge < -0.3 is 10.6 Å². The lowest BCUT2D eigenvalue weighted by atomic mass is 10.1. The highest BCUT2D eigenvalue weighted by atomic mass is 35.5. The molecule has 1 amide bonds. The van der Waals surface area contributed by atoms with Crippen LogP contribution in [-0.4, -0.2) is 34.9 Å². The Balaban J connectivity index is 0.00000225. The molecule has 3 rings (SSSR count). The minimum absolute atomic E-state index is 0. The quantitative estimate of drug-likeness (QED) is 0.864. The van der Waals surface area contributed by atoms with E-state index in [2.05, 4.69) is 43.1 Å². The van der Waals surface area contributed by atoms with E-state index in [-0.39, 0.29) is 24.4 Å². The lowest BCUT2D eigenvalue weighted by Crippen LogP contribution is -2.35. The van der Waals surface area contributed by atoms with E-state index in [0.717, 1.165) is 35.7 Å². The van der Waals surface area contributed by atoms with Gasteiger partial charge in [-0.1, -0.05) is 31.2 Å². The minimum atomic E-state index is 0. The maximum atomic E-state index is 12.6. The first-order valence-electron chi connectivity index (χ1n) is 8.64. The van der Waals surface area contributed by atoms with Crippen molar-refractivity contribution in [1.82, 2.24) is 9.88 Å². The Hall–Kier alpha value is -1.43. The first kappa shape index (κ1) is 19.9. The molecule has 0 aliphatic carbocycles. The van der Waals surface area contributed by atoms with Crippen molar-refractivity contribution >= 4 is 29.7 Å². The van der Waals surface area contributed by atoms with Gasteiger partial charge in [-0.15, -0.1) is 23.7 Å². The van der Waals surface area contributed by atoms with Gasteiger partial charge in [-0.2, -0.15) is 0 Å². The van der Waals surface area contributed by atoms with Crippen molar-refractivity contribution in [2.45, 2.75) is 39.2 Å².